The Hall–Kier alpha value is -2.83. The molecule has 2 aromatic heterocycles. The molecule has 0 radical (unpaired) electrons. The van der Waals surface area contributed by atoms with Crippen LogP contribution in [0.2, 0.25) is 0 Å². The van der Waals surface area contributed by atoms with Gasteiger partial charge in [-0.05, 0) is 19.1 Å². The quantitative estimate of drug-likeness (QED) is 0.688. The maximum atomic E-state index is 13.4. The summed E-state index contributed by atoms with van der Waals surface area (Å²) in [5, 5.41) is 4.02. The Kier molecular flexibility index (Phi) is 3.31. The van der Waals surface area contributed by atoms with Crippen LogP contribution in [0, 0.1) is 12.7 Å². The van der Waals surface area contributed by atoms with Gasteiger partial charge < -0.3 is 4.74 Å². The van der Waals surface area contributed by atoms with Crippen LogP contribution in [-0.2, 0) is 11.3 Å². The molecule has 0 fully saturated rings. The number of aromatic nitrogens is 4. The summed E-state index contributed by atoms with van der Waals surface area (Å²) in [7, 11) is 0. The van der Waals surface area contributed by atoms with Crippen molar-refractivity contribution in [2.45, 2.75) is 13.5 Å². The molecule has 0 atom stereocenters. The SMILES string of the molecule is Cc1ccnc2nc(C(=O)OCc3ccccc3F)nn12. The number of halogens is 1. The molecule has 2 heterocycles. The number of rotatable bonds is 3. The average Bonchev–Trinajstić information content (AvgIpc) is 2.92. The van der Waals surface area contributed by atoms with Crippen molar-refractivity contribution in [3.05, 3.63) is 59.4 Å². The van der Waals surface area contributed by atoms with Gasteiger partial charge in [-0.15, -0.1) is 5.10 Å². The molecule has 0 saturated heterocycles. The lowest BCUT2D eigenvalue weighted by molar-refractivity contribution is 0.0455. The van der Waals surface area contributed by atoms with Gasteiger partial charge >= 0.3 is 5.97 Å². The number of aryl methyl sites for hydroxylation is 1. The van der Waals surface area contributed by atoms with E-state index in [1.54, 1.807) is 30.5 Å². The van der Waals surface area contributed by atoms with Crippen LogP contribution < -0.4 is 0 Å². The number of carbonyl (C=O) groups excluding carboxylic acids is 1. The highest BCUT2D eigenvalue weighted by atomic mass is 19.1. The molecule has 0 aliphatic heterocycles. The largest absolute Gasteiger partial charge is 0.455 e. The number of carbonyl (C=O) groups is 1. The summed E-state index contributed by atoms with van der Waals surface area (Å²) in [6.45, 7) is 1.64. The Morgan fingerprint density at radius 1 is 1.33 bits per heavy atom. The zero-order valence-electron chi connectivity index (χ0n) is 11.2. The van der Waals surface area contributed by atoms with Crippen LogP contribution >= 0.6 is 0 Å². The molecule has 106 valence electrons. The minimum atomic E-state index is -0.719. The Balaban J connectivity index is 1.78. The number of esters is 1. The van der Waals surface area contributed by atoms with Crippen LogP contribution in [0.5, 0.6) is 0 Å². The lowest BCUT2D eigenvalue weighted by atomic mass is 10.2. The molecule has 0 aliphatic rings. The summed E-state index contributed by atoms with van der Waals surface area (Å²) < 4.78 is 19.9. The molecule has 3 aromatic rings. The van der Waals surface area contributed by atoms with Crippen LogP contribution in [-0.4, -0.2) is 25.6 Å². The van der Waals surface area contributed by atoms with Crippen molar-refractivity contribution < 1.29 is 13.9 Å². The summed E-state index contributed by atoms with van der Waals surface area (Å²) in [6, 6.07) is 7.84. The molecule has 0 spiro atoms. The van der Waals surface area contributed by atoms with E-state index in [1.165, 1.54) is 10.6 Å². The first-order valence-corrected chi connectivity index (χ1v) is 6.24. The monoisotopic (exact) mass is 286 g/mol. The summed E-state index contributed by atoms with van der Waals surface area (Å²) >= 11 is 0. The standard InChI is InChI=1S/C14H11FN4O2/c1-9-6-7-16-14-17-12(18-19(9)14)13(20)21-8-10-4-2-3-5-11(10)15/h2-7H,8H2,1H3. The molecule has 21 heavy (non-hydrogen) atoms. The van der Waals surface area contributed by atoms with Crippen molar-refractivity contribution in [3.63, 3.8) is 0 Å². The van der Waals surface area contributed by atoms with Crippen molar-refractivity contribution in [1.29, 1.82) is 0 Å². The van der Waals surface area contributed by atoms with Gasteiger partial charge in [-0.3, -0.25) is 0 Å². The smallest absolute Gasteiger partial charge is 0.378 e. The normalized spacial score (nSPS) is 10.8. The average molecular weight is 286 g/mol. The Bertz CT molecular complexity index is 816. The van der Waals surface area contributed by atoms with Crippen LogP contribution in [0.15, 0.2) is 36.5 Å². The predicted octanol–water partition coefficient (Wildman–Crippen LogP) is 1.93. The number of fused-ring (bicyclic) bond motifs is 1. The second-order valence-corrected chi connectivity index (χ2v) is 4.40. The molecule has 6 nitrogen and oxygen atoms in total. The van der Waals surface area contributed by atoms with E-state index >= 15 is 0 Å². The van der Waals surface area contributed by atoms with Crippen molar-refractivity contribution in [2.75, 3.05) is 0 Å². The number of nitrogens with zero attached hydrogens (tertiary/aromatic N) is 4. The van der Waals surface area contributed by atoms with Gasteiger partial charge in [0.05, 0.1) is 0 Å². The minimum Gasteiger partial charge on any atom is -0.455 e. The maximum absolute atomic E-state index is 13.4. The highest BCUT2D eigenvalue weighted by Gasteiger charge is 2.16. The van der Waals surface area contributed by atoms with Crippen LogP contribution in [0.3, 0.4) is 0 Å². The van der Waals surface area contributed by atoms with Gasteiger partial charge in [0.25, 0.3) is 11.6 Å². The fraction of sp³-hybridized carbons (Fsp3) is 0.143. The van der Waals surface area contributed by atoms with Gasteiger partial charge in [-0.25, -0.2) is 18.7 Å². The van der Waals surface area contributed by atoms with E-state index in [4.69, 9.17) is 4.74 Å². The van der Waals surface area contributed by atoms with Crippen LogP contribution in [0.25, 0.3) is 5.78 Å². The third-order valence-corrected chi connectivity index (χ3v) is 2.93. The van der Waals surface area contributed by atoms with Gasteiger partial charge in [-0.2, -0.15) is 4.98 Å². The van der Waals surface area contributed by atoms with Gasteiger partial charge in [0, 0.05) is 17.5 Å². The zero-order valence-corrected chi connectivity index (χ0v) is 11.2. The summed E-state index contributed by atoms with van der Waals surface area (Å²) in [5.74, 6) is -0.935. The van der Waals surface area contributed by atoms with E-state index in [2.05, 4.69) is 15.1 Å². The first-order chi connectivity index (χ1) is 10.1. The number of hydrogen-bond donors (Lipinski definition) is 0. The Labute approximate surface area is 119 Å². The summed E-state index contributed by atoms with van der Waals surface area (Å²) in [6.07, 6.45) is 1.58. The molecule has 0 bridgehead atoms. The molecule has 0 N–H and O–H groups in total. The van der Waals surface area contributed by atoms with E-state index in [0.29, 0.717) is 11.3 Å². The second kappa shape index (κ2) is 5.28. The lowest BCUT2D eigenvalue weighted by Crippen LogP contribution is -2.08. The Morgan fingerprint density at radius 3 is 2.90 bits per heavy atom. The van der Waals surface area contributed by atoms with Gasteiger partial charge in [0.2, 0.25) is 0 Å². The minimum absolute atomic E-state index is 0.104. The molecule has 0 saturated carbocycles. The molecule has 7 heteroatoms. The fourth-order valence-electron chi connectivity index (χ4n) is 1.82. The number of hydrogen-bond acceptors (Lipinski definition) is 5. The molecule has 3 rings (SSSR count). The molecular formula is C14H11FN4O2. The molecule has 1 aromatic carbocycles. The summed E-state index contributed by atoms with van der Waals surface area (Å²) in [4.78, 5) is 19.9. The van der Waals surface area contributed by atoms with E-state index in [1.807, 2.05) is 6.92 Å². The fourth-order valence-corrected chi connectivity index (χ4v) is 1.82. The number of benzene rings is 1. The third-order valence-electron chi connectivity index (χ3n) is 2.93. The van der Waals surface area contributed by atoms with Gasteiger partial charge in [0.1, 0.15) is 12.4 Å². The van der Waals surface area contributed by atoms with Crippen molar-refractivity contribution in [2.24, 2.45) is 0 Å². The van der Waals surface area contributed by atoms with Crippen LogP contribution in [0.1, 0.15) is 21.9 Å². The van der Waals surface area contributed by atoms with E-state index < -0.39 is 11.8 Å². The van der Waals surface area contributed by atoms with Crippen LogP contribution in [0.4, 0.5) is 4.39 Å². The maximum Gasteiger partial charge on any atom is 0.378 e. The molecule has 0 amide bonds. The molecule has 0 unspecified atom stereocenters. The van der Waals surface area contributed by atoms with Crippen molar-refractivity contribution in [3.8, 4) is 0 Å². The third kappa shape index (κ3) is 2.58. The van der Waals surface area contributed by atoms with Crippen molar-refractivity contribution >= 4 is 11.7 Å². The first-order valence-electron chi connectivity index (χ1n) is 6.24. The van der Waals surface area contributed by atoms with E-state index in [-0.39, 0.29) is 12.4 Å². The van der Waals surface area contributed by atoms with Gasteiger partial charge in [0.15, 0.2) is 0 Å². The number of ether oxygens (including phenoxy) is 1. The molecular weight excluding hydrogens is 275 g/mol. The predicted molar refractivity (Wildman–Crippen MR) is 71.0 cm³/mol. The highest BCUT2D eigenvalue weighted by Crippen LogP contribution is 2.09. The van der Waals surface area contributed by atoms with Crippen molar-refractivity contribution in [1.82, 2.24) is 19.6 Å². The first kappa shape index (κ1) is 13.2. The molecule has 0 aliphatic carbocycles. The van der Waals surface area contributed by atoms with E-state index in [0.717, 1.165) is 5.69 Å². The topological polar surface area (TPSA) is 69.4 Å². The van der Waals surface area contributed by atoms with E-state index in [9.17, 15) is 9.18 Å². The lowest BCUT2D eigenvalue weighted by Gasteiger charge is -2.03. The van der Waals surface area contributed by atoms with Gasteiger partial charge in [-0.1, -0.05) is 18.2 Å². The second-order valence-electron chi connectivity index (χ2n) is 4.40. The zero-order chi connectivity index (χ0) is 14.8. The highest BCUT2D eigenvalue weighted by molar-refractivity contribution is 5.85. The summed E-state index contributed by atoms with van der Waals surface area (Å²) in [5.41, 5.74) is 1.09. The Morgan fingerprint density at radius 2 is 2.14 bits per heavy atom.